The predicted molar refractivity (Wildman–Crippen MR) is 137 cm³/mol. The van der Waals surface area contributed by atoms with Crippen molar-refractivity contribution in [3.63, 3.8) is 0 Å². The van der Waals surface area contributed by atoms with Gasteiger partial charge in [0.05, 0.1) is 41.1 Å². The fraction of sp³-hybridized carbons (Fsp3) is 0.480. The fourth-order valence-corrected chi connectivity index (χ4v) is 5.35. The molecule has 0 radical (unpaired) electrons. The molecule has 0 bridgehead atoms. The third kappa shape index (κ3) is 5.13. The molecule has 5 rings (SSSR count). The number of benzene rings is 1. The van der Waals surface area contributed by atoms with Crippen molar-refractivity contribution in [1.29, 1.82) is 5.26 Å². The zero-order chi connectivity index (χ0) is 25.4. The maximum atomic E-state index is 10.1. The van der Waals surface area contributed by atoms with E-state index in [1.54, 1.807) is 12.1 Å². The van der Waals surface area contributed by atoms with Crippen LogP contribution in [0.25, 0.3) is 22.4 Å². The smallest absolute Gasteiger partial charge is 0.301 e. The second-order valence-electron chi connectivity index (χ2n) is 10.3. The molecule has 0 amide bonds. The van der Waals surface area contributed by atoms with Gasteiger partial charge in [-0.3, -0.25) is 4.57 Å². The maximum Gasteiger partial charge on any atom is 0.301 e. The van der Waals surface area contributed by atoms with Gasteiger partial charge in [0, 0.05) is 20.2 Å². The lowest BCUT2D eigenvalue weighted by Gasteiger charge is -2.19. The number of nitriles is 1. The van der Waals surface area contributed by atoms with Gasteiger partial charge >= 0.3 is 6.01 Å². The lowest BCUT2D eigenvalue weighted by Crippen LogP contribution is -2.35. The number of aliphatic hydroxyl groups excluding tert-OH is 1. The molecule has 2 saturated heterocycles. The van der Waals surface area contributed by atoms with Gasteiger partial charge in [0.25, 0.3) is 0 Å². The molecule has 36 heavy (non-hydrogen) atoms. The number of imidazole rings is 1. The van der Waals surface area contributed by atoms with Gasteiger partial charge in [-0.05, 0) is 24.2 Å². The third-order valence-electron chi connectivity index (χ3n) is 6.40. The molecule has 1 N–H and O–H groups in total. The molecule has 2 fully saturated rings. The average Bonchev–Trinajstić information content (AvgIpc) is 3.51. The van der Waals surface area contributed by atoms with Gasteiger partial charge in [0.1, 0.15) is 25.0 Å². The number of aromatic nitrogens is 3. The standard InChI is InChI=1S/C25H29ClN4O5Si/c1-36(2,3)9-8-32-14-30-18-10-17(26)21(16-6-4-15(11-27)5-7-16)28-24(18)29-25(30)35-20-13-34-22-19(31)12-33-23(20)22/h4-7,10,19-20,22-23,31H,8-9,12-14H2,1-3H3/t19-,20-,22-,23-/m1/s1. The largest absolute Gasteiger partial charge is 0.456 e. The van der Waals surface area contributed by atoms with Crippen molar-refractivity contribution < 1.29 is 24.1 Å². The van der Waals surface area contributed by atoms with Crippen molar-refractivity contribution in [3.05, 3.63) is 40.9 Å². The molecule has 11 heteroatoms. The molecule has 4 atom stereocenters. The molecule has 3 aromatic rings. The van der Waals surface area contributed by atoms with Crippen LogP contribution in [0.15, 0.2) is 30.3 Å². The first kappa shape index (κ1) is 25.1. The minimum absolute atomic E-state index is 0.219. The number of rotatable bonds is 8. The Kier molecular flexibility index (Phi) is 7.04. The van der Waals surface area contributed by atoms with Gasteiger partial charge in [-0.25, -0.2) is 4.98 Å². The van der Waals surface area contributed by atoms with Crippen LogP contribution in [0.2, 0.25) is 30.7 Å². The van der Waals surface area contributed by atoms with Crippen LogP contribution in [0.4, 0.5) is 0 Å². The SMILES string of the molecule is C[Si](C)(C)CCOCn1c(O[C@@H]2CO[C@H]3[C@@H]2OC[C@H]3O)nc2nc(-c3ccc(C#N)cc3)c(Cl)cc21. The quantitative estimate of drug-likeness (QED) is 0.346. The second kappa shape index (κ2) is 10.1. The first-order valence-electron chi connectivity index (χ1n) is 12.0. The van der Waals surface area contributed by atoms with Crippen LogP contribution < -0.4 is 4.74 Å². The van der Waals surface area contributed by atoms with Crippen LogP contribution in [0.1, 0.15) is 5.56 Å². The van der Waals surface area contributed by atoms with Crippen molar-refractivity contribution >= 4 is 30.8 Å². The van der Waals surface area contributed by atoms with E-state index in [0.717, 1.165) is 11.6 Å². The first-order chi connectivity index (χ1) is 17.2. The van der Waals surface area contributed by atoms with Gasteiger partial charge in [0.2, 0.25) is 0 Å². The number of aliphatic hydroxyl groups is 1. The number of hydrogen-bond donors (Lipinski definition) is 1. The molecule has 4 heterocycles. The van der Waals surface area contributed by atoms with Crippen LogP contribution in [0.5, 0.6) is 6.01 Å². The number of pyridine rings is 1. The monoisotopic (exact) mass is 528 g/mol. The Balaban J connectivity index is 1.46. The molecule has 2 aromatic heterocycles. The minimum atomic E-state index is -1.25. The van der Waals surface area contributed by atoms with E-state index in [0.29, 0.717) is 40.1 Å². The molecular weight excluding hydrogens is 500 g/mol. The highest BCUT2D eigenvalue weighted by molar-refractivity contribution is 6.76. The molecule has 0 spiro atoms. The van der Waals surface area contributed by atoms with Crippen molar-refractivity contribution in [2.24, 2.45) is 0 Å². The van der Waals surface area contributed by atoms with E-state index < -0.39 is 26.4 Å². The number of fused-ring (bicyclic) bond motifs is 2. The van der Waals surface area contributed by atoms with Crippen molar-refractivity contribution in [1.82, 2.24) is 14.5 Å². The fourth-order valence-electron chi connectivity index (χ4n) is 4.34. The summed E-state index contributed by atoms with van der Waals surface area (Å²) in [5.74, 6) is 0. The third-order valence-corrected chi connectivity index (χ3v) is 8.39. The minimum Gasteiger partial charge on any atom is -0.456 e. The second-order valence-corrected chi connectivity index (χ2v) is 16.4. The topological polar surface area (TPSA) is 112 Å². The van der Waals surface area contributed by atoms with E-state index in [1.165, 1.54) is 0 Å². The van der Waals surface area contributed by atoms with Gasteiger partial charge in [0.15, 0.2) is 11.8 Å². The highest BCUT2D eigenvalue weighted by Crippen LogP contribution is 2.34. The Bertz CT molecular complexity index is 1290. The average molecular weight is 529 g/mol. The lowest BCUT2D eigenvalue weighted by atomic mass is 10.1. The molecule has 2 aliphatic heterocycles. The molecule has 2 aliphatic rings. The van der Waals surface area contributed by atoms with Crippen LogP contribution in [-0.4, -0.2) is 72.0 Å². The molecule has 1 aromatic carbocycles. The van der Waals surface area contributed by atoms with E-state index >= 15 is 0 Å². The summed E-state index contributed by atoms with van der Waals surface area (Å²) in [6.45, 7) is 8.28. The lowest BCUT2D eigenvalue weighted by molar-refractivity contribution is 0.00339. The molecule has 9 nitrogen and oxygen atoms in total. The molecule has 0 unspecified atom stereocenters. The van der Waals surface area contributed by atoms with Crippen molar-refractivity contribution in [3.8, 4) is 23.3 Å². The Labute approximate surface area is 215 Å². The molecule has 0 aliphatic carbocycles. The molecule has 0 saturated carbocycles. The summed E-state index contributed by atoms with van der Waals surface area (Å²) in [7, 11) is -1.25. The van der Waals surface area contributed by atoms with Gasteiger partial charge < -0.3 is 24.1 Å². The van der Waals surface area contributed by atoms with E-state index in [9.17, 15) is 5.11 Å². The number of ether oxygens (including phenoxy) is 4. The highest BCUT2D eigenvalue weighted by Gasteiger charge is 2.48. The summed E-state index contributed by atoms with van der Waals surface area (Å²) >= 11 is 6.66. The van der Waals surface area contributed by atoms with Crippen LogP contribution in [0, 0.1) is 11.3 Å². The Morgan fingerprint density at radius 2 is 1.92 bits per heavy atom. The summed E-state index contributed by atoms with van der Waals surface area (Å²) in [6.07, 6.45) is -1.86. The van der Waals surface area contributed by atoms with Gasteiger partial charge in [-0.15, -0.1) is 0 Å². The Hall–Kier alpha value is -2.52. The van der Waals surface area contributed by atoms with Crippen LogP contribution in [0.3, 0.4) is 0 Å². The van der Waals surface area contributed by atoms with Crippen molar-refractivity contribution in [2.75, 3.05) is 19.8 Å². The zero-order valence-corrected chi connectivity index (χ0v) is 22.2. The number of hydrogen-bond acceptors (Lipinski definition) is 8. The van der Waals surface area contributed by atoms with Gasteiger partial charge in [-0.2, -0.15) is 10.2 Å². The highest BCUT2D eigenvalue weighted by atomic mass is 35.5. The van der Waals surface area contributed by atoms with Gasteiger partial charge in [-0.1, -0.05) is 43.4 Å². The van der Waals surface area contributed by atoms with E-state index in [4.69, 9.17) is 40.8 Å². The van der Waals surface area contributed by atoms with Crippen LogP contribution >= 0.6 is 11.6 Å². The number of halogens is 1. The summed E-state index contributed by atoms with van der Waals surface area (Å²) in [5.41, 5.74) is 3.05. The molecular formula is C25H29ClN4O5Si. The summed E-state index contributed by atoms with van der Waals surface area (Å²) in [4.78, 5) is 9.40. The molecule has 190 valence electrons. The number of nitrogens with zero attached hydrogens (tertiary/aromatic N) is 4. The Morgan fingerprint density at radius 3 is 2.64 bits per heavy atom. The summed E-state index contributed by atoms with van der Waals surface area (Å²) in [5, 5.41) is 19.6. The predicted octanol–water partition coefficient (Wildman–Crippen LogP) is 3.84. The van der Waals surface area contributed by atoms with E-state index in [1.807, 2.05) is 22.8 Å². The summed E-state index contributed by atoms with van der Waals surface area (Å²) in [6, 6.07) is 12.4. The van der Waals surface area contributed by atoms with E-state index in [2.05, 4.69) is 30.7 Å². The maximum absolute atomic E-state index is 10.1. The summed E-state index contributed by atoms with van der Waals surface area (Å²) < 4.78 is 25.5. The normalized spacial score (nSPS) is 23.7. The first-order valence-corrected chi connectivity index (χ1v) is 16.0. The van der Waals surface area contributed by atoms with Crippen LogP contribution in [-0.2, 0) is 20.9 Å². The van der Waals surface area contributed by atoms with E-state index in [-0.39, 0.29) is 26.0 Å². The zero-order valence-electron chi connectivity index (χ0n) is 20.5. The van der Waals surface area contributed by atoms with Crippen molar-refractivity contribution in [2.45, 2.75) is 56.8 Å². The Morgan fingerprint density at radius 1 is 1.17 bits per heavy atom.